The van der Waals surface area contributed by atoms with Crippen LogP contribution in [0.3, 0.4) is 0 Å². The third-order valence-corrected chi connectivity index (χ3v) is 4.31. The Kier molecular flexibility index (Phi) is 2.86. The van der Waals surface area contributed by atoms with Gasteiger partial charge >= 0.3 is 0 Å². The third-order valence-electron chi connectivity index (χ3n) is 4.31. The normalized spacial score (nSPS) is 27.1. The molecule has 1 atom stereocenters. The molecule has 1 saturated heterocycles. The molecule has 3 nitrogen and oxygen atoms in total. The molecule has 3 rings (SSSR count). The lowest BCUT2D eigenvalue weighted by Gasteiger charge is -2.40. The Bertz CT molecular complexity index is 475. The molecule has 0 amide bonds. The number of ether oxygens (including phenoxy) is 1. The zero-order valence-corrected chi connectivity index (χ0v) is 10.8. The van der Waals surface area contributed by atoms with Crippen molar-refractivity contribution in [2.45, 2.75) is 37.6 Å². The molecule has 1 heterocycles. The van der Waals surface area contributed by atoms with Gasteiger partial charge in [-0.2, -0.15) is 0 Å². The van der Waals surface area contributed by atoms with Gasteiger partial charge in [-0.3, -0.25) is 4.79 Å². The van der Waals surface area contributed by atoms with Crippen molar-refractivity contribution in [3.05, 3.63) is 29.3 Å². The Morgan fingerprint density at radius 1 is 1.28 bits per heavy atom. The van der Waals surface area contributed by atoms with Gasteiger partial charge in [0, 0.05) is 5.56 Å². The van der Waals surface area contributed by atoms with Gasteiger partial charge in [-0.1, -0.05) is 0 Å². The first-order valence-electron chi connectivity index (χ1n) is 6.72. The fraction of sp³-hybridized carbons (Fsp3) is 0.533. The number of nitrogens with one attached hydrogen (secondary N) is 1. The first kappa shape index (κ1) is 11.7. The van der Waals surface area contributed by atoms with E-state index in [1.807, 2.05) is 18.2 Å². The molecule has 3 heteroatoms. The Morgan fingerprint density at radius 2 is 2.17 bits per heavy atom. The highest BCUT2D eigenvalue weighted by molar-refractivity contribution is 6.05. The molecular formula is C15H19NO2. The second-order valence-corrected chi connectivity index (χ2v) is 5.32. The van der Waals surface area contributed by atoms with Crippen LogP contribution < -0.4 is 10.1 Å². The number of hydrogen-bond donors (Lipinski definition) is 1. The van der Waals surface area contributed by atoms with Crippen molar-refractivity contribution < 1.29 is 9.53 Å². The predicted molar refractivity (Wildman–Crippen MR) is 70.2 cm³/mol. The number of ketones is 1. The number of benzene rings is 1. The van der Waals surface area contributed by atoms with Crippen LogP contribution in [0.25, 0.3) is 0 Å². The summed E-state index contributed by atoms with van der Waals surface area (Å²) in [6.07, 6.45) is 5.21. The first-order chi connectivity index (χ1) is 8.75. The van der Waals surface area contributed by atoms with Gasteiger partial charge in [0.2, 0.25) is 0 Å². The van der Waals surface area contributed by atoms with E-state index in [0.29, 0.717) is 0 Å². The number of aryl methyl sites for hydroxylation is 1. The van der Waals surface area contributed by atoms with Crippen molar-refractivity contribution in [3.63, 3.8) is 0 Å². The van der Waals surface area contributed by atoms with Crippen LogP contribution in [0, 0.1) is 0 Å². The van der Waals surface area contributed by atoms with Crippen molar-refractivity contribution in [1.29, 1.82) is 0 Å². The topological polar surface area (TPSA) is 38.3 Å². The first-order valence-corrected chi connectivity index (χ1v) is 6.72. The summed E-state index contributed by atoms with van der Waals surface area (Å²) >= 11 is 0. The Balaban J connectivity index is 1.96. The largest absolute Gasteiger partial charge is 0.497 e. The highest BCUT2D eigenvalue weighted by Crippen LogP contribution is 2.35. The Labute approximate surface area is 108 Å². The van der Waals surface area contributed by atoms with Crippen LogP contribution in [0.4, 0.5) is 0 Å². The minimum Gasteiger partial charge on any atom is -0.497 e. The molecule has 0 bridgehead atoms. The zero-order valence-electron chi connectivity index (χ0n) is 10.8. The van der Waals surface area contributed by atoms with Crippen molar-refractivity contribution >= 4 is 5.78 Å². The van der Waals surface area contributed by atoms with Crippen molar-refractivity contribution in [1.82, 2.24) is 5.32 Å². The molecule has 1 spiro atoms. The maximum atomic E-state index is 12.7. The number of fused-ring (bicyclic) bond motifs is 1. The van der Waals surface area contributed by atoms with Crippen LogP contribution in [0.2, 0.25) is 0 Å². The van der Waals surface area contributed by atoms with Crippen LogP contribution in [-0.4, -0.2) is 25.0 Å². The maximum absolute atomic E-state index is 12.7. The highest BCUT2D eigenvalue weighted by Gasteiger charge is 2.42. The van der Waals surface area contributed by atoms with Crippen LogP contribution in [0.15, 0.2) is 18.2 Å². The lowest BCUT2D eigenvalue weighted by molar-refractivity contribution is 0.0782. The summed E-state index contributed by atoms with van der Waals surface area (Å²) < 4.78 is 5.23. The standard InChI is InChI=1S/C15H19NO2/c1-18-12-4-5-13-11(10-12)6-8-15(14(13)17)7-2-3-9-16-15/h4-5,10,16H,2-3,6-9H2,1H3/t15-/m0/s1. The summed E-state index contributed by atoms with van der Waals surface area (Å²) in [6.45, 7) is 0.969. The fourth-order valence-electron chi connectivity index (χ4n) is 3.22. The van der Waals surface area contributed by atoms with Gasteiger partial charge in [-0.05, 0) is 62.4 Å². The molecule has 0 radical (unpaired) electrons. The van der Waals surface area contributed by atoms with Crippen molar-refractivity contribution in [2.24, 2.45) is 0 Å². The smallest absolute Gasteiger partial charge is 0.183 e. The zero-order chi connectivity index (χ0) is 12.6. The third kappa shape index (κ3) is 1.74. The Hall–Kier alpha value is -1.35. The molecule has 1 N–H and O–H groups in total. The molecule has 0 aromatic heterocycles. The number of methoxy groups -OCH3 is 1. The van der Waals surface area contributed by atoms with E-state index in [1.54, 1.807) is 7.11 Å². The number of piperidine rings is 1. The molecule has 1 aliphatic carbocycles. The van der Waals surface area contributed by atoms with Gasteiger partial charge in [0.05, 0.1) is 12.6 Å². The second kappa shape index (κ2) is 4.39. The average Bonchev–Trinajstić information content (AvgIpc) is 2.44. The quantitative estimate of drug-likeness (QED) is 0.825. The number of Topliss-reactive ketones (excluding diaryl/α,β-unsaturated/α-hetero) is 1. The molecule has 2 aliphatic rings. The molecule has 18 heavy (non-hydrogen) atoms. The minimum atomic E-state index is -0.278. The van der Waals surface area contributed by atoms with Crippen LogP contribution in [-0.2, 0) is 6.42 Å². The van der Waals surface area contributed by atoms with Gasteiger partial charge in [0.1, 0.15) is 5.75 Å². The van der Waals surface area contributed by atoms with Gasteiger partial charge in [0.15, 0.2) is 5.78 Å². The molecule has 1 aliphatic heterocycles. The molecular weight excluding hydrogens is 226 g/mol. The summed E-state index contributed by atoms with van der Waals surface area (Å²) in [6, 6.07) is 5.81. The van der Waals surface area contributed by atoms with Crippen LogP contribution in [0.1, 0.15) is 41.6 Å². The molecule has 1 aromatic rings. The predicted octanol–water partition coefficient (Wildman–Crippen LogP) is 2.34. The Morgan fingerprint density at radius 3 is 2.89 bits per heavy atom. The van der Waals surface area contributed by atoms with E-state index in [0.717, 1.165) is 49.1 Å². The highest BCUT2D eigenvalue weighted by atomic mass is 16.5. The SMILES string of the molecule is COc1ccc2c(c1)CC[C@@]1(CCCCN1)C2=O. The summed E-state index contributed by atoms with van der Waals surface area (Å²) in [4.78, 5) is 12.7. The van der Waals surface area contributed by atoms with E-state index in [9.17, 15) is 4.79 Å². The molecule has 96 valence electrons. The van der Waals surface area contributed by atoms with Gasteiger partial charge < -0.3 is 10.1 Å². The molecule has 0 saturated carbocycles. The van der Waals surface area contributed by atoms with E-state index in [-0.39, 0.29) is 11.3 Å². The number of rotatable bonds is 1. The lowest BCUT2D eigenvalue weighted by atomic mass is 9.72. The lowest BCUT2D eigenvalue weighted by Crippen LogP contribution is -2.56. The second-order valence-electron chi connectivity index (χ2n) is 5.32. The summed E-state index contributed by atoms with van der Waals surface area (Å²) in [5, 5.41) is 3.47. The number of carbonyl (C=O) groups excluding carboxylic acids is 1. The van der Waals surface area contributed by atoms with Gasteiger partial charge in [-0.15, -0.1) is 0 Å². The van der Waals surface area contributed by atoms with E-state index in [4.69, 9.17) is 4.74 Å². The van der Waals surface area contributed by atoms with E-state index >= 15 is 0 Å². The van der Waals surface area contributed by atoms with Crippen molar-refractivity contribution in [3.8, 4) is 5.75 Å². The summed E-state index contributed by atoms with van der Waals surface area (Å²) in [5.41, 5.74) is 1.74. The fourth-order valence-corrected chi connectivity index (χ4v) is 3.22. The van der Waals surface area contributed by atoms with Crippen molar-refractivity contribution in [2.75, 3.05) is 13.7 Å². The van der Waals surface area contributed by atoms with Crippen LogP contribution in [0.5, 0.6) is 5.75 Å². The van der Waals surface area contributed by atoms with E-state index in [2.05, 4.69) is 5.32 Å². The maximum Gasteiger partial charge on any atom is 0.183 e. The average molecular weight is 245 g/mol. The molecule has 1 fully saturated rings. The van der Waals surface area contributed by atoms with E-state index in [1.165, 1.54) is 6.42 Å². The van der Waals surface area contributed by atoms with Crippen LogP contribution >= 0.6 is 0 Å². The molecule has 0 unspecified atom stereocenters. The van der Waals surface area contributed by atoms with E-state index < -0.39 is 0 Å². The van der Waals surface area contributed by atoms with Gasteiger partial charge in [-0.25, -0.2) is 0 Å². The number of hydrogen-bond acceptors (Lipinski definition) is 3. The van der Waals surface area contributed by atoms with Gasteiger partial charge in [0.25, 0.3) is 0 Å². The summed E-state index contributed by atoms with van der Waals surface area (Å²) in [5.74, 6) is 1.13. The minimum absolute atomic E-state index is 0.278. The molecule has 1 aromatic carbocycles. The monoisotopic (exact) mass is 245 g/mol. The number of carbonyl (C=O) groups is 1. The summed E-state index contributed by atoms with van der Waals surface area (Å²) in [7, 11) is 1.66.